The fourth-order valence-electron chi connectivity index (χ4n) is 3.04. The highest BCUT2D eigenvalue weighted by atomic mass is 79.9. The molecule has 7 heteroatoms. The Morgan fingerprint density at radius 1 is 1.21 bits per heavy atom. The lowest BCUT2D eigenvalue weighted by Crippen LogP contribution is -2.22. The summed E-state index contributed by atoms with van der Waals surface area (Å²) in [5.74, 6) is 2.06. The summed E-state index contributed by atoms with van der Waals surface area (Å²) in [5.41, 5.74) is 0.511. The van der Waals surface area contributed by atoms with Crippen LogP contribution in [0.25, 0.3) is 10.9 Å². The van der Waals surface area contributed by atoms with Crippen molar-refractivity contribution in [1.82, 2.24) is 9.66 Å². The van der Waals surface area contributed by atoms with Crippen molar-refractivity contribution in [3.05, 3.63) is 56.7 Å². The Labute approximate surface area is 173 Å². The molecule has 2 heterocycles. The maximum atomic E-state index is 13.0. The minimum Gasteiger partial charge on any atom is -0.440 e. The average molecular weight is 445 g/mol. The summed E-state index contributed by atoms with van der Waals surface area (Å²) < 4.78 is 8.08. The third kappa shape index (κ3) is 4.35. The van der Waals surface area contributed by atoms with Crippen LogP contribution in [0.5, 0.6) is 0 Å². The van der Waals surface area contributed by atoms with Gasteiger partial charge in [-0.05, 0) is 44.5 Å². The van der Waals surface area contributed by atoms with E-state index < -0.39 is 0 Å². The van der Waals surface area contributed by atoms with Crippen molar-refractivity contribution in [3.8, 4) is 0 Å². The van der Waals surface area contributed by atoms with E-state index in [1.54, 1.807) is 12.3 Å². The third-order valence-corrected chi connectivity index (χ3v) is 5.11. The van der Waals surface area contributed by atoms with Gasteiger partial charge in [0.2, 0.25) is 0 Å². The predicted octanol–water partition coefficient (Wildman–Crippen LogP) is 4.82. The molecule has 0 atom stereocenters. The van der Waals surface area contributed by atoms with E-state index in [2.05, 4.69) is 51.7 Å². The molecular formula is C21H25BrN4O2. The van der Waals surface area contributed by atoms with Crippen LogP contribution in [0.3, 0.4) is 0 Å². The zero-order chi connectivity index (χ0) is 20.1. The van der Waals surface area contributed by atoms with Gasteiger partial charge in [-0.2, -0.15) is 9.78 Å². The van der Waals surface area contributed by atoms with Crippen LogP contribution in [0, 0.1) is 0 Å². The maximum Gasteiger partial charge on any atom is 0.282 e. The second-order valence-corrected chi connectivity index (χ2v) is 7.42. The molecule has 3 aromatic rings. The van der Waals surface area contributed by atoms with E-state index in [1.807, 2.05) is 24.3 Å². The zero-order valence-corrected chi connectivity index (χ0v) is 18.1. The normalized spacial score (nSPS) is 11.6. The number of unbranched alkanes of at least 4 members (excludes halogenated alkanes) is 1. The van der Waals surface area contributed by atoms with Gasteiger partial charge in [0.25, 0.3) is 5.56 Å². The molecule has 0 radical (unpaired) electrons. The molecule has 0 saturated carbocycles. The van der Waals surface area contributed by atoms with E-state index in [0.717, 1.165) is 36.3 Å². The molecule has 28 heavy (non-hydrogen) atoms. The van der Waals surface area contributed by atoms with Crippen LogP contribution in [-0.2, 0) is 6.42 Å². The number of hydrogen-bond acceptors (Lipinski definition) is 5. The van der Waals surface area contributed by atoms with Crippen LogP contribution >= 0.6 is 15.9 Å². The summed E-state index contributed by atoms with van der Waals surface area (Å²) >= 11 is 3.42. The van der Waals surface area contributed by atoms with E-state index in [9.17, 15) is 4.79 Å². The zero-order valence-electron chi connectivity index (χ0n) is 16.5. The van der Waals surface area contributed by atoms with Gasteiger partial charge >= 0.3 is 0 Å². The molecule has 0 aliphatic heterocycles. The molecule has 0 fully saturated rings. The highest BCUT2D eigenvalue weighted by Crippen LogP contribution is 2.18. The quantitative estimate of drug-likeness (QED) is 0.467. The van der Waals surface area contributed by atoms with E-state index >= 15 is 0 Å². The molecule has 0 aliphatic rings. The Kier molecular flexibility index (Phi) is 6.67. The lowest BCUT2D eigenvalue weighted by Gasteiger charge is -2.16. The minimum absolute atomic E-state index is 0.177. The molecule has 0 saturated heterocycles. The van der Waals surface area contributed by atoms with Gasteiger partial charge in [-0.3, -0.25) is 4.79 Å². The van der Waals surface area contributed by atoms with Crippen LogP contribution in [0.1, 0.15) is 45.2 Å². The average Bonchev–Trinajstić information content (AvgIpc) is 3.16. The van der Waals surface area contributed by atoms with Crippen LogP contribution in [0.2, 0.25) is 0 Å². The number of benzene rings is 1. The number of halogens is 1. The van der Waals surface area contributed by atoms with E-state index in [0.29, 0.717) is 28.9 Å². The molecule has 0 aliphatic carbocycles. The lowest BCUT2D eigenvalue weighted by molar-refractivity contribution is 0.543. The molecule has 2 aromatic heterocycles. The SMILES string of the molecule is CCCCc1nc2ccc(Br)cc2c(=O)n1N=Cc1ccc(N(CC)CC)o1. The van der Waals surface area contributed by atoms with Gasteiger partial charge in [-0.1, -0.05) is 29.3 Å². The molecule has 148 valence electrons. The first-order valence-electron chi connectivity index (χ1n) is 9.67. The topological polar surface area (TPSA) is 63.6 Å². The van der Waals surface area contributed by atoms with Crippen LogP contribution in [0.4, 0.5) is 5.88 Å². The molecule has 1 aromatic carbocycles. The van der Waals surface area contributed by atoms with Gasteiger partial charge < -0.3 is 9.32 Å². The smallest absolute Gasteiger partial charge is 0.282 e. The molecule has 0 N–H and O–H groups in total. The summed E-state index contributed by atoms with van der Waals surface area (Å²) in [6.45, 7) is 8.01. The number of furan rings is 1. The fourth-order valence-corrected chi connectivity index (χ4v) is 3.40. The molecular weight excluding hydrogens is 420 g/mol. The number of rotatable bonds is 8. The molecule has 0 unspecified atom stereocenters. The Balaban J connectivity index is 2.02. The summed E-state index contributed by atoms with van der Waals surface area (Å²) in [6, 6.07) is 9.31. The number of fused-ring (bicyclic) bond motifs is 1. The molecule has 0 amide bonds. The lowest BCUT2D eigenvalue weighted by atomic mass is 10.2. The van der Waals surface area contributed by atoms with E-state index in [1.165, 1.54) is 4.68 Å². The standard InChI is InChI=1S/C21H25BrN4O2/c1-4-7-8-19-24-18-11-9-15(22)13-17(18)21(27)26(19)23-14-16-10-12-20(28-16)25(5-2)6-3/h9-14H,4-8H2,1-3H3. The predicted molar refractivity (Wildman–Crippen MR) is 118 cm³/mol. The summed E-state index contributed by atoms with van der Waals surface area (Å²) in [4.78, 5) is 19.8. The van der Waals surface area contributed by atoms with Gasteiger partial charge in [0.1, 0.15) is 11.6 Å². The molecule has 0 spiro atoms. The van der Waals surface area contributed by atoms with Crippen molar-refractivity contribution in [2.45, 2.75) is 40.0 Å². The monoisotopic (exact) mass is 444 g/mol. The van der Waals surface area contributed by atoms with Gasteiger partial charge in [0.15, 0.2) is 5.88 Å². The molecule has 0 bridgehead atoms. The van der Waals surface area contributed by atoms with Crippen molar-refractivity contribution in [2.24, 2.45) is 5.10 Å². The van der Waals surface area contributed by atoms with Gasteiger partial charge in [0, 0.05) is 30.0 Å². The Hall–Kier alpha value is -2.41. The van der Waals surface area contributed by atoms with Crippen molar-refractivity contribution < 1.29 is 4.42 Å². The fraction of sp³-hybridized carbons (Fsp3) is 0.381. The number of aryl methyl sites for hydroxylation is 1. The first-order valence-corrected chi connectivity index (χ1v) is 10.5. The van der Waals surface area contributed by atoms with Crippen molar-refractivity contribution in [1.29, 1.82) is 0 Å². The van der Waals surface area contributed by atoms with E-state index in [4.69, 9.17) is 4.42 Å². The van der Waals surface area contributed by atoms with Gasteiger partial charge in [-0.25, -0.2) is 4.98 Å². The summed E-state index contributed by atoms with van der Waals surface area (Å²) in [7, 11) is 0. The Bertz CT molecular complexity index is 1030. The van der Waals surface area contributed by atoms with Crippen molar-refractivity contribution in [2.75, 3.05) is 18.0 Å². The highest BCUT2D eigenvalue weighted by Gasteiger charge is 2.11. The number of hydrogen-bond donors (Lipinski definition) is 0. The third-order valence-electron chi connectivity index (χ3n) is 4.62. The van der Waals surface area contributed by atoms with Crippen molar-refractivity contribution in [3.63, 3.8) is 0 Å². The largest absolute Gasteiger partial charge is 0.440 e. The van der Waals surface area contributed by atoms with Gasteiger partial charge in [0.05, 0.1) is 17.1 Å². The molecule has 3 rings (SSSR count). The number of nitrogens with zero attached hydrogens (tertiary/aromatic N) is 4. The Morgan fingerprint density at radius 2 is 2.00 bits per heavy atom. The van der Waals surface area contributed by atoms with E-state index in [-0.39, 0.29) is 5.56 Å². The summed E-state index contributed by atoms with van der Waals surface area (Å²) in [6.07, 6.45) is 4.23. The minimum atomic E-state index is -0.177. The highest BCUT2D eigenvalue weighted by molar-refractivity contribution is 9.10. The van der Waals surface area contributed by atoms with Crippen LogP contribution < -0.4 is 10.5 Å². The first-order chi connectivity index (χ1) is 13.6. The Morgan fingerprint density at radius 3 is 2.71 bits per heavy atom. The molecule has 6 nitrogen and oxygen atoms in total. The van der Waals surface area contributed by atoms with Gasteiger partial charge in [-0.15, -0.1) is 0 Å². The first kappa shape index (κ1) is 20.3. The maximum absolute atomic E-state index is 13.0. The second kappa shape index (κ2) is 9.19. The number of aromatic nitrogens is 2. The van der Waals surface area contributed by atoms with Crippen molar-refractivity contribution >= 4 is 38.9 Å². The van der Waals surface area contributed by atoms with Crippen LogP contribution in [0.15, 0.2) is 49.1 Å². The second-order valence-electron chi connectivity index (χ2n) is 6.50. The number of anilines is 1. The van der Waals surface area contributed by atoms with Crippen LogP contribution in [-0.4, -0.2) is 29.0 Å². The summed E-state index contributed by atoms with van der Waals surface area (Å²) in [5, 5.41) is 4.96.